The Morgan fingerprint density at radius 1 is 1.30 bits per heavy atom. The Balaban J connectivity index is 1.74. The minimum Gasteiger partial charge on any atom is -0.381 e. The number of benzene rings is 1. The van der Waals surface area contributed by atoms with Crippen molar-refractivity contribution in [3.8, 4) is 0 Å². The van der Waals surface area contributed by atoms with Crippen LogP contribution >= 0.6 is 0 Å². The monoisotopic (exact) mass is 338 g/mol. The van der Waals surface area contributed by atoms with Gasteiger partial charge in [-0.15, -0.1) is 0 Å². The normalized spacial score (nSPS) is 21.2. The molecule has 1 aliphatic heterocycles. The van der Waals surface area contributed by atoms with Crippen molar-refractivity contribution in [3.63, 3.8) is 0 Å². The van der Waals surface area contributed by atoms with Crippen LogP contribution in [-0.4, -0.2) is 51.4 Å². The number of nitrogens with one attached hydrogen (secondary N) is 1. The summed E-state index contributed by atoms with van der Waals surface area (Å²) in [4.78, 5) is 14.6. The van der Waals surface area contributed by atoms with Crippen molar-refractivity contribution in [2.24, 2.45) is 5.92 Å². The zero-order chi connectivity index (χ0) is 16.4. The average Bonchev–Trinajstić information content (AvgIpc) is 3.20. The molecule has 1 N–H and O–H groups in total. The Labute approximate surface area is 136 Å². The number of rotatable bonds is 5. The van der Waals surface area contributed by atoms with Gasteiger partial charge in [0.2, 0.25) is 0 Å². The number of hydrogen-bond donors (Lipinski definition) is 1. The van der Waals surface area contributed by atoms with E-state index in [9.17, 15) is 13.2 Å². The Kier molecular flexibility index (Phi) is 4.59. The van der Waals surface area contributed by atoms with Crippen molar-refractivity contribution in [2.45, 2.75) is 30.2 Å². The summed E-state index contributed by atoms with van der Waals surface area (Å²) in [5.41, 5.74) is 0.341. The molecule has 1 aliphatic carbocycles. The molecular weight excluding hydrogens is 316 g/mol. The molecule has 6 nitrogen and oxygen atoms in total. The van der Waals surface area contributed by atoms with Gasteiger partial charge in [0, 0.05) is 31.4 Å². The van der Waals surface area contributed by atoms with Crippen LogP contribution in [0.1, 0.15) is 19.3 Å². The topological polar surface area (TPSA) is 75.7 Å². The molecule has 1 heterocycles. The second-order valence-electron chi connectivity index (χ2n) is 6.31. The molecular formula is C16H22N2O4S. The number of anilines is 1. The zero-order valence-corrected chi connectivity index (χ0v) is 14.0. The summed E-state index contributed by atoms with van der Waals surface area (Å²) in [5, 5.41) is 2.78. The standard InChI is InChI=1S/C16H22N2O4S/c1-23(20,21)15-5-3-2-4-14(15)17-16(19)18(13-6-7-13)10-12-8-9-22-11-12/h2-5,12-13H,6-11H2,1H3,(H,17,19). The fourth-order valence-corrected chi connectivity index (χ4v) is 3.71. The molecule has 1 saturated heterocycles. The predicted molar refractivity (Wildman–Crippen MR) is 87.2 cm³/mol. The SMILES string of the molecule is CS(=O)(=O)c1ccccc1NC(=O)N(CC1CCOC1)C1CC1. The molecule has 0 bridgehead atoms. The van der Waals surface area contributed by atoms with Crippen LogP contribution in [0, 0.1) is 5.92 Å². The molecule has 1 aromatic carbocycles. The second kappa shape index (κ2) is 6.49. The molecule has 1 saturated carbocycles. The van der Waals surface area contributed by atoms with E-state index in [0.29, 0.717) is 24.8 Å². The van der Waals surface area contributed by atoms with E-state index in [4.69, 9.17) is 4.74 Å². The van der Waals surface area contributed by atoms with Crippen LogP contribution in [0.4, 0.5) is 10.5 Å². The number of ether oxygens (including phenoxy) is 1. The van der Waals surface area contributed by atoms with Gasteiger partial charge in [0.25, 0.3) is 0 Å². The van der Waals surface area contributed by atoms with Crippen molar-refractivity contribution in [2.75, 3.05) is 31.3 Å². The quantitative estimate of drug-likeness (QED) is 0.892. The highest BCUT2D eigenvalue weighted by atomic mass is 32.2. The lowest BCUT2D eigenvalue weighted by atomic mass is 10.1. The van der Waals surface area contributed by atoms with Crippen molar-refractivity contribution < 1.29 is 17.9 Å². The molecule has 0 radical (unpaired) electrons. The minimum atomic E-state index is -3.39. The fourth-order valence-electron chi connectivity index (χ4n) is 2.87. The fraction of sp³-hybridized carbons (Fsp3) is 0.562. The van der Waals surface area contributed by atoms with E-state index in [-0.39, 0.29) is 17.0 Å². The molecule has 3 rings (SSSR count). The van der Waals surface area contributed by atoms with E-state index in [1.165, 1.54) is 6.07 Å². The number of nitrogens with zero attached hydrogens (tertiary/aromatic N) is 1. The molecule has 2 aliphatic rings. The third kappa shape index (κ3) is 4.03. The first-order valence-corrected chi connectivity index (χ1v) is 9.79. The Morgan fingerprint density at radius 3 is 2.65 bits per heavy atom. The van der Waals surface area contributed by atoms with Gasteiger partial charge in [-0.05, 0) is 31.4 Å². The number of sulfone groups is 1. The zero-order valence-electron chi connectivity index (χ0n) is 13.2. The van der Waals surface area contributed by atoms with Crippen LogP contribution in [0.25, 0.3) is 0 Å². The molecule has 1 aromatic rings. The van der Waals surface area contributed by atoms with E-state index in [1.54, 1.807) is 18.2 Å². The van der Waals surface area contributed by atoms with Crippen LogP contribution in [-0.2, 0) is 14.6 Å². The first-order valence-electron chi connectivity index (χ1n) is 7.89. The van der Waals surface area contributed by atoms with E-state index in [0.717, 1.165) is 32.1 Å². The molecule has 23 heavy (non-hydrogen) atoms. The molecule has 1 unspecified atom stereocenters. The van der Waals surface area contributed by atoms with Gasteiger partial charge < -0.3 is 15.0 Å². The van der Waals surface area contributed by atoms with Crippen molar-refractivity contribution >= 4 is 21.6 Å². The van der Waals surface area contributed by atoms with Gasteiger partial charge in [-0.2, -0.15) is 0 Å². The maximum atomic E-state index is 12.6. The van der Waals surface area contributed by atoms with Gasteiger partial charge in [-0.25, -0.2) is 13.2 Å². The number of carbonyl (C=O) groups excluding carboxylic acids is 1. The molecule has 2 fully saturated rings. The van der Waals surface area contributed by atoms with Crippen LogP contribution in [0.2, 0.25) is 0 Å². The summed E-state index contributed by atoms with van der Waals surface area (Å²) in [6, 6.07) is 6.54. The maximum absolute atomic E-state index is 12.6. The van der Waals surface area contributed by atoms with E-state index >= 15 is 0 Å². The summed E-state index contributed by atoms with van der Waals surface area (Å²) in [6.45, 7) is 2.11. The summed E-state index contributed by atoms with van der Waals surface area (Å²) in [5.74, 6) is 0.367. The number of amides is 2. The first-order chi connectivity index (χ1) is 10.9. The lowest BCUT2D eigenvalue weighted by molar-refractivity contribution is 0.167. The smallest absolute Gasteiger partial charge is 0.322 e. The second-order valence-corrected chi connectivity index (χ2v) is 8.30. The summed E-state index contributed by atoms with van der Waals surface area (Å²) >= 11 is 0. The lowest BCUT2D eigenvalue weighted by Crippen LogP contribution is -2.40. The molecule has 1 atom stereocenters. The molecule has 0 spiro atoms. The summed E-state index contributed by atoms with van der Waals surface area (Å²) < 4.78 is 29.1. The maximum Gasteiger partial charge on any atom is 0.322 e. The van der Waals surface area contributed by atoms with Crippen molar-refractivity contribution in [1.29, 1.82) is 0 Å². The summed E-state index contributed by atoms with van der Waals surface area (Å²) in [7, 11) is -3.39. The van der Waals surface area contributed by atoms with Gasteiger partial charge in [-0.1, -0.05) is 12.1 Å². The number of urea groups is 1. The Bertz CT molecular complexity index is 679. The highest BCUT2D eigenvalue weighted by Crippen LogP contribution is 2.30. The predicted octanol–water partition coefficient (Wildman–Crippen LogP) is 2.12. The minimum absolute atomic E-state index is 0.147. The van der Waals surface area contributed by atoms with E-state index in [2.05, 4.69) is 5.32 Å². The third-order valence-electron chi connectivity index (χ3n) is 4.26. The Hall–Kier alpha value is -1.60. The number of hydrogen-bond acceptors (Lipinski definition) is 4. The lowest BCUT2D eigenvalue weighted by Gasteiger charge is -2.25. The van der Waals surface area contributed by atoms with Gasteiger partial charge in [0.1, 0.15) is 0 Å². The van der Waals surface area contributed by atoms with Crippen LogP contribution in [0.5, 0.6) is 0 Å². The van der Waals surface area contributed by atoms with Gasteiger partial charge in [-0.3, -0.25) is 0 Å². The van der Waals surface area contributed by atoms with Crippen LogP contribution in [0.3, 0.4) is 0 Å². The first kappa shape index (κ1) is 16.3. The van der Waals surface area contributed by atoms with Gasteiger partial charge in [0.05, 0.1) is 17.2 Å². The Morgan fingerprint density at radius 2 is 2.04 bits per heavy atom. The average molecular weight is 338 g/mol. The molecule has 0 aromatic heterocycles. The summed E-state index contributed by atoms with van der Waals surface area (Å²) in [6.07, 6.45) is 4.13. The van der Waals surface area contributed by atoms with Gasteiger partial charge in [0.15, 0.2) is 9.84 Å². The molecule has 7 heteroatoms. The largest absolute Gasteiger partial charge is 0.381 e. The van der Waals surface area contributed by atoms with Gasteiger partial charge >= 0.3 is 6.03 Å². The van der Waals surface area contributed by atoms with Crippen LogP contribution < -0.4 is 5.32 Å². The van der Waals surface area contributed by atoms with E-state index in [1.807, 2.05) is 4.90 Å². The number of carbonyl (C=O) groups is 1. The van der Waals surface area contributed by atoms with E-state index < -0.39 is 9.84 Å². The third-order valence-corrected chi connectivity index (χ3v) is 5.41. The van der Waals surface area contributed by atoms with Crippen molar-refractivity contribution in [1.82, 2.24) is 4.90 Å². The molecule has 126 valence electrons. The van der Waals surface area contributed by atoms with Crippen molar-refractivity contribution in [3.05, 3.63) is 24.3 Å². The van der Waals surface area contributed by atoms with Crippen LogP contribution in [0.15, 0.2) is 29.2 Å². The number of para-hydroxylation sites is 1. The molecule has 2 amide bonds. The highest BCUT2D eigenvalue weighted by molar-refractivity contribution is 7.90. The highest BCUT2D eigenvalue weighted by Gasteiger charge is 2.35.